The summed E-state index contributed by atoms with van der Waals surface area (Å²) < 4.78 is 13.8. The molecule has 0 unspecified atom stereocenters. The lowest BCUT2D eigenvalue weighted by Gasteiger charge is -2.18. The molecular weight excluding hydrogens is 438 g/mol. The second-order valence-corrected chi connectivity index (χ2v) is 8.91. The Morgan fingerprint density at radius 3 is 2.54 bits per heavy atom. The fourth-order valence-electron chi connectivity index (χ4n) is 4.78. The van der Waals surface area contributed by atoms with Gasteiger partial charge in [-0.2, -0.15) is 0 Å². The van der Waals surface area contributed by atoms with E-state index in [1.807, 2.05) is 72.5 Å². The van der Waals surface area contributed by atoms with Crippen molar-refractivity contribution in [3.8, 4) is 11.5 Å². The van der Waals surface area contributed by atoms with E-state index in [1.165, 1.54) is 0 Å². The van der Waals surface area contributed by atoms with Crippen LogP contribution in [0.2, 0.25) is 0 Å². The fraction of sp³-hybridized carbons (Fsp3) is 0.310. The van der Waals surface area contributed by atoms with Gasteiger partial charge in [0.2, 0.25) is 5.91 Å². The van der Waals surface area contributed by atoms with Crippen molar-refractivity contribution in [3.63, 3.8) is 0 Å². The van der Waals surface area contributed by atoms with Gasteiger partial charge in [0.25, 0.3) is 0 Å². The number of para-hydroxylation sites is 3. The van der Waals surface area contributed by atoms with Gasteiger partial charge in [0, 0.05) is 31.1 Å². The zero-order valence-corrected chi connectivity index (χ0v) is 20.3. The van der Waals surface area contributed by atoms with Gasteiger partial charge in [0.1, 0.15) is 17.3 Å². The Balaban J connectivity index is 1.33. The number of carbonyl (C=O) groups excluding carboxylic acids is 1. The van der Waals surface area contributed by atoms with Crippen molar-refractivity contribution in [2.24, 2.45) is 0 Å². The molecule has 1 atom stereocenters. The van der Waals surface area contributed by atoms with Crippen LogP contribution in [0.15, 0.2) is 72.8 Å². The van der Waals surface area contributed by atoms with Gasteiger partial charge in [-0.1, -0.05) is 30.3 Å². The third-order valence-electron chi connectivity index (χ3n) is 6.51. The van der Waals surface area contributed by atoms with Gasteiger partial charge in [0.15, 0.2) is 0 Å². The Hall–Kier alpha value is -3.80. The summed E-state index contributed by atoms with van der Waals surface area (Å²) in [6.45, 7) is 6.67. The molecule has 6 nitrogen and oxygen atoms in total. The van der Waals surface area contributed by atoms with Crippen molar-refractivity contribution in [1.29, 1.82) is 0 Å². The number of hydrogen-bond acceptors (Lipinski definition) is 4. The molecule has 5 rings (SSSR count). The van der Waals surface area contributed by atoms with Gasteiger partial charge in [-0.05, 0) is 68.3 Å². The van der Waals surface area contributed by atoms with Gasteiger partial charge in [0.05, 0.1) is 24.2 Å². The monoisotopic (exact) mass is 469 g/mol. The van der Waals surface area contributed by atoms with E-state index in [9.17, 15) is 4.79 Å². The number of fused-ring (bicyclic) bond motifs is 1. The maximum Gasteiger partial charge on any atom is 0.227 e. The highest BCUT2D eigenvalue weighted by Gasteiger charge is 2.34. The average molecular weight is 470 g/mol. The maximum absolute atomic E-state index is 13.0. The minimum absolute atomic E-state index is 0.0405. The van der Waals surface area contributed by atoms with E-state index in [1.54, 1.807) is 0 Å². The van der Waals surface area contributed by atoms with Crippen LogP contribution < -0.4 is 14.4 Å². The van der Waals surface area contributed by atoms with Crippen molar-refractivity contribution in [3.05, 3.63) is 84.2 Å². The van der Waals surface area contributed by atoms with Crippen LogP contribution in [0.5, 0.6) is 11.5 Å². The van der Waals surface area contributed by atoms with Crippen LogP contribution in [0.1, 0.15) is 37.1 Å². The highest BCUT2D eigenvalue weighted by Crippen LogP contribution is 2.34. The van der Waals surface area contributed by atoms with Crippen molar-refractivity contribution in [2.45, 2.75) is 39.2 Å². The summed E-state index contributed by atoms with van der Waals surface area (Å²) in [5.74, 6) is 2.88. The number of anilines is 1. The predicted octanol–water partition coefficient (Wildman–Crippen LogP) is 5.73. The van der Waals surface area contributed by atoms with Crippen LogP contribution >= 0.6 is 0 Å². The number of nitrogens with zero attached hydrogens (tertiary/aromatic N) is 3. The molecule has 2 heterocycles. The van der Waals surface area contributed by atoms with Crippen molar-refractivity contribution >= 4 is 22.6 Å². The molecule has 35 heavy (non-hydrogen) atoms. The SMILES string of the molecule is CCOc1ccc(N2C[C@@H](c3nc4ccccc4n3CCCOc3ccccc3C)CC2=O)cc1. The Bertz CT molecular complexity index is 1310. The molecule has 1 fully saturated rings. The van der Waals surface area contributed by atoms with Crippen molar-refractivity contribution in [1.82, 2.24) is 9.55 Å². The zero-order chi connectivity index (χ0) is 24.2. The van der Waals surface area contributed by atoms with Crippen molar-refractivity contribution < 1.29 is 14.3 Å². The Kier molecular flexibility index (Phi) is 6.70. The normalized spacial score (nSPS) is 15.7. The molecule has 1 aliphatic rings. The molecule has 1 aromatic heterocycles. The molecule has 1 aliphatic heterocycles. The van der Waals surface area contributed by atoms with E-state index in [0.29, 0.717) is 26.2 Å². The zero-order valence-electron chi connectivity index (χ0n) is 20.3. The minimum atomic E-state index is 0.0405. The first-order valence-corrected chi connectivity index (χ1v) is 12.3. The number of ether oxygens (including phenoxy) is 2. The van der Waals surface area contributed by atoms with Crippen LogP contribution in [-0.4, -0.2) is 35.2 Å². The van der Waals surface area contributed by atoms with E-state index >= 15 is 0 Å². The van der Waals surface area contributed by atoms with Crippen LogP contribution in [0, 0.1) is 6.92 Å². The summed E-state index contributed by atoms with van der Waals surface area (Å²) in [6.07, 6.45) is 1.31. The molecule has 0 spiro atoms. The summed E-state index contributed by atoms with van der Waals surface area (Å²) >= 11 is 0. The van der Waals surface area contributed by atoms with E-state index in [0.717, 1.165) is 52.6 Å². The van der Waals surface area contributed by atoms with Crippen LogP contribution in [0.3, 0.4) is 0 Å². The van der Waals surface area contributed by atoms with Gasteiger partial charge in [-0.15, -0.1) is 0 Å². The molecule has 0 bridgehead atoms. The Morgan fingerprint density at radius 2 is 1.74 bits per heavy atom. The number of hydrogen-bond donors (Lipinski definition) is 0. The third kappa shape index (κ3) is 4.87. The molecule has 1 amide bonds. The van der Waals surface area contributed by atoms with Gasteiger partial charge < -0.3 is 18.9 Å². The lowest BCUT2D eigenvalue weighted by Crippen LogP contribution is -2.24. The molecule has 0 saturated carbocycles. The number of benzene rings is 3. The first-order chi connectivity index (χ1) is 17.1. The summed E-state index contributed by atoms with van der Waals surface area (Å²) in [6, 6.07) is 24.0. The molecule has 1 saturated heterocycles. The summed E-state index contributed by atoms with van der Waals surface area (Å²) in [5.41, 5.74) is 4.11. The quantitative estimate of drug-likeness (QED) is 0.294. The smallest absolute Gasteiger partial charge is 0.227 e. The number of rotatable bonds is 9. The minimum Gasteiger partial charge on any atom is -0.494 e. The fourth-order valence-corrected chi connectivity index (χ4v) is 4.78. The molecule has 3 aromatic carbocycles. The van der Waals surface area contributed by atoms with Gasteiger partial charge in [-0.3, -0.25) is 4.79 Å². The molecule has 180 valence electrons. The second-order valence-electron chi connectivity index (χ2n) is 8.91. The van der Waals surface area contributed by atoms with E-state index < -0.39 is 0 Å². The number of amides is 1. The van der Waals surface area contributed by atoms with Crippen molar-refractivity contribution in [2.75, 3.05) is 24.7 Å². The number of aryl methyl sites for hydroxylation is 2. The van der Waals surface area contributed by atoms with E-state index in [2.05, 4.69) is 23.6 Å². The van der Waals surface area contributed by atoms with Crippen LogP contribution in [0.25, 0.3) is 11.0 Å². The summed E-state index contributed by atoms with van der Waals surface area (Å²) in [5, 5.41) is 0. The van der Waals surface area contributed by atoms with Crippen LogP contribution in [0.4, 0.5) is 5.69 Å². The summed E-state index contributed by atoms with van der Waals surface area (Å²) in [7, 11) is 0. The molecular formula is C29H31N3O3. The Labute approximate surface area is 206 Å². The first kappa shape index (κ1) is 23.0. The average Bonchev–Trinajstić information content (AvgIpc) is 3.44. The lowest BCUT2D eigenvalue weighted by atomic mass is 10.1. The number of imidazole rings is 1. The topological polar surface area (TPSA) is 56.6 Å². The number of aromatic nitrogens is 2. The summed E-state index contributed by atoms with van der Waals surface area (Å²) in [4.78, 5) is 19.8. The van der Waals surface area contributed by atoms with E-state index in [-0.39, 0.29) is 11.8 Å². The lowest BCUT2D eigenvalue weighted by molar-refractivity contribution is -0.117. The molecule has 4 aromatic rings. The van der Waals surface area contributed by atoms with E-state index in [4.69, 9.17) is 14.5 Å². The molecule has 0 radical (unpaired) electrons. The van der Waals surface area contributed by atoms with Crippen LogP contribution in [-0.2, 0) is 11.3 Å². The first-order valence-electron chi connectivity index (χ1n) is 12.3. The largest absolute Gasteiger partial charge is 0.494 e. The molecule has 0 aliphatic carbocycles. The standard InChI is InChI=1S/C29H31N3O3/c1-3-34-24-15-13-23(14-16-24)32-20-22(19-28(32)33)29-30-25-10-5-6-11-26(25)31(29)17-8-18-35-27-12-7-4-9-21(27)2/h4-7,9-16,22H,3,8,17-20H2,1-2H3/t22-/m0/s1. The Morgan fingerprint density at radius 1 is 0.971 bits per heavy atom. The highest BCUT2D eigenvalue weighted by molar-refractivity contribution is 5.96. The van der Waals surface area contributed by atoms with Gasteiger partial charge >= 0.3 is 0 Å². The highest BCUT2D eigenvalue weighted by atomic mass is 16.5. The molecule has 0 N–H and O–H groups in total. The number of carbonyl (C=O) groups is 1. The van der Waals surface area contributed by atoms with Gasteiger partial charge in [-0.25, -0.2) is 4.98 Å². The maximum atomic E-state index is 13.0. The molecule has 6 heteroatoms. The second kappa shape index (κ2) is 10.2. The third-order valence-corrected chi connectivity index (χ3v) is 6.51. The predicted molar refractivity (Wildman–Crippen MR) is 138 cm³/mol.